The van der Waals surface area contributed by atoms with E-state index in [0.717, 1.165) is 19.5 Å². The SMILES string of the molecule is CCCCCCCCCCN(CCCCCCCCCC)CCCN=C=NCC.Cl. The minimum absolute atomic E-state index is 0. The Kier molecular flexibility index (Phi) is 30.4. The summed E-state index contributed by atoms with van der Waals surface area (Å²) in [6.45, 7) is 12.0. The molecule has 0 fully saturated rings. The highest BCUT2D eigenvalue weighted by Crippen LogP contribution is 2.11. The van der Waals surface area contributed by atoms with Crippen LogP contribution in [0, 0.1) is 0 Å². The van der Waals surface area contributed by atoms with Gasteiger partial charge in [0, 0.05) is 6.54 Å². The second-order valence-electron chi connectivity index (χ2n) is 8.60. The van der Waals surface area contributed by atoms with Crippen LogP contribution in [-0.2, 0) is 0 Å². The lowest BCUT2D eigenvalue weighted by molar-refractivity contribution is 0.258. The van der Waals surface area contributed by atoms with Crippen LogP contribution >= 0.6 is 12.4 Å². The van der Waals surface area contributed by atoms with Crippen molar-refractivity contribution < 1.29 is 0 Å². The van der Waals surface area contributed by atoms with Crippen LogP contribution in [0.5, 0.6) is 0 Å². The van der Waals surface area contributed by atoms with Gasteiger partial charge in [0.1, 0.15) is 0 Å². The average molecular weight is 444 g/mol. The first-order valence-electron chi connectivity index (χ1n) is 13.1. The molecule has 0 aromatic carbocycles. The highest BCUT2D eigenvalue weighted by Gasteiger charge is 2.04. The number of halogens is 1. The molecule has 0 atom stereocenters. The van der Waals surface area contributed by atoms with Crippen LogP contribution in [0.3, 0.4) is 0 Å². The summed E-state index contributed by atoms with van der Waals surface area (Å²) in [5.41, 5.74) is 0. The predicted octanol–water partition coefficient (Wildman–Crippen LogP) is 8.58. The molecule has 0 aliphatic heterocycles. The maximum absolute atomic E-state index is 4.28. The van der Waals surface area contributed by atoms with Crippen LogP contribution in [0.4, 0.5) is 0 Å². The van der Waals surface area contributed by atoms with Gasteiger partial charge in [0.05, 0.1) is 12.6 Å². The quantitative estimate of drug-likeness (QED) is 0.115. The van der Waals surface area contributed by atoms with Gasteiger partial charge in [0.25, 0.3) is 0 Å². The van der Waals surface area contributed by atoms with Crippen LogP contribution in [0.2, 0.25) is 0 Å². The Morgan fingerprint density at radius 2 is 0.900 bits per heavy atom. The van der Waals surface area contributed by atoms with Crippen molar-refractivity contribution in [2.24, 2.45) is 9.98 Å². The summed E-state index contributed by atoms with van der Waals surface area (Å²) in [5, 5.41) is 0. The van der Waals surface area contributed by atoms with Gasteiger partial charge in [-0.05, 0) is 45.8 Å². The van der Waals surface area contributed by atoms with Crippen molar-refractivity contribution in [1.29, 1.82) is 0 Å². The number of rotatable bonds is 23. The molecule has 0 saturated carbocycles. The maximum atomic E-state index is 4.28. The molecule has 0 saturated heterocycles. The zero-order valence-electron chi connectivity index (χ0n) is 20.8. The van der Waals surface area contributed by atoms with Crippen molar-refractivity contribution in [3.8, 4) is 0 Å². The lowest BCUT2D eigenvalue weighted by atomic mass is 10.1. The van der Waals surface area contributed by atoms with E-state index in [9.17, 15) is 0 Å². The van der Waals surface area contributed by atoms with Crippen LogP contribution in [0.25, 0.3) is 0 Å². The van der Waals surface area contributed by atoms with Crippen molar-refractivity contribution >= 4 is 18.4 Å². The van der Waals surface area contributed by atoms with Gasteiger partial charge < -0.3 is 4.90 Å². The summed E-state index contributed by atoms with van der Waals surface area (Å²) in [7, 11) is 0. The second-order valence-corrected chi connectivity index (χ2v) is 8.60. The number of nitrogens with zero attached hydrogens (tertiary/aromatic N) is 3. The van der Waals surface area contributed by atoms with Gasteiger partial charge >= 0.3 is 0 Å². The first kappa shape index (κ1) is 31.8. The molecule has 0 aromatic rings. The molecule has 0 heterocycles. The molecule has 0 aliphatic carbocycles. The van der Waals surface area contributed by atoms with Crippen LogP contribution in [0.15, 0.2) is 9.98 Å². The summed E-state index contributed by atoms with van der Waals surface area (Å²) in [4.78, 5) is 11.0. The molecule has 0 unspecified atom stereocenters. The predicted molar refractivity (Wildman–Crippen MR) is 139 cm³/mol. The monoisotopic (exact) mass is 443 g/mol. The van der Waals surface area contributed by atoms with E-state index in [1.54, 1.807) is 0 Å². The Morgan fingerprint density at radius 1 is 0.500 bits per heavy atom. The topological polar surface area (TPSA) is 28.0 Å². The molecule has 0 rings (SSSR count). The summed E-state index contributed by atoms with van der Waals surface area (Å²) < 4.78 is 0. The molecular formula is C26H54ClN3. The fourth-order valence-electron chi connectivity index (χ4n) is 3.82. The smallest absolute Gasteiger partial charge is 0.0892 e. The van der Waals surface area contributed by atoms with E-state index in [1.807, 2.05) is 6.92 Å². The molecular weight excluding hydrogens is 390 g/mol. The lowest BCUT2D eigenvalue weighted by Gasteiger charge is -2.22. The summed E-state index contributed by atoms with van der Waals surface area (Å²) in [6.07, 6.45) is 23.7. The third kappa shape index (κ3) is 25.7. The molecule has 0 bridgehead atoms. The summed E-state index contributed by atoms with van der Waals surface area (Å²) in [6, 6.07) is 2.80. The first-order valence-corrected chi connectivity index (χ1v) is 13.1. The van der Waals surface area contributed by atoms with Gasteiger partial charge in [0.2, 0.25) is 0 Å². The zero-order chi connectivity index (χ0) is 21.3. The number of aliphatic imine (C=N–C) groups is 2. The van der Waals surface area contributed by atoms with E-state index in [2.05, 4.69) is 34.7 Å². The molecule has 0 amide bonds. The Hall–Kier alpha value is -0.370. The Bertz CT molecular complexity index is 347. The minimum Gasteiger partial charge on any atom is -0.303 e. The molecule has 30 heavy (non-hydrogen) atoms. The van der Waals surface area contributed by atoms with E-state index in [4.69, 9.17) is 0 Å². The van der Waals surface area contributed by atoms with Gasteiger partial charge in [-0.1, -0.05) is 104 Å². The summed E-state index contributed by atoms with van der Waals surface area (Å²) in [5.74, 6) is 0. The largest absolute Gasteiger partial charge is 0.303 e. The fourth-order valence-corrected chi connectivity index (χ4v) is 3.82. The highest BCUT2D eigenvalue weighted by molar-refractivity contribution is 5.85. The van der Waals surface area contributed by atoms with Crippen LogP contribution in [0.1, 0.15) is 130 Å². The summed E-state index contributed by atoms with van der Waals surface area (Å²) >= 11 is 0. The van der Waals surface area contributed by atoms with E-state index in [-0.39, 0.29) is 12.4 Å². The van der Waals surface area contributed by atoms with Crippen LogP contribution in [-0.4, -0.2) is 43.6 Å². The Morgan fingerprint density at radius 3 is 1.33 bits per heavy atom. The molecule has 0 spiro atoms. The van der Waals surface area contributed by atoms with Crippen molar-refractivity contribution in [1.82, 2.24) is 4.90 Å². The lowest BCUT2D eigenvalue weighted by Crippen LogP contribution is -2.27. The maximum Gasteiger partial charge on any atom is 0.0892 e. The van der Waals surface area contributed by atoms with Gasteiger partial charge in [0.15, 0.2) is 0 Å². The van der Waals surface area contributed by atoms with Crippen molar-refractivity contribution in [3.63, 3.8) is 0 Å². The average Bonchev–Trinajstić information content (AvgIpc) is 2.73. The fraction of sp³-hybridized carbons (Fsp3) is 0.962. The standard InChI is InChI=1S/C26H53N3.ClH/c1-4-7-9-11-13-15-17-19-23-29(25-21-22-28-26-27-6-3)24-20-18-16-14-12-10-8-5-2;/h4-25H2,1-3H3;1H. The first-order chi connectivity index (χ1) is 14.3. The van der Waals surface area contributed by atoms with E-state index in [0.29, 0.717) is 0 Å². The van der Waals surface area contributed by atoms with Gasteiger partial charge in [-0.2, -0.15) is 0 Å². The van der Waals surface area contributed by atoms with Gasteiger partial charge in [-0.25, -0.2) is 9.98 Å². The van der Waals surface area contributed by atoms with Crippen molar-refractivity contribution in [2.45, 2.75) is 130 Å². The van der Waals surface area contributed by atoms with E-state index < -0.39 is 0 Å². The van der Waals surface area contributed by atoms with E-state index >= 15 is 0 Å². The Balaban J connectivity index is 0. The van der Waals surface area contributed by atoms with Crippen molar-refractivity contribution in [2.75, 3.05) is 32.7 Å². The zero-order valence-corrected chi connectivity index (χ0v) is 21.6. The van der Waals surface area contributed by atoms with E-state index in [1.165, 1.54) is 122 Å². The Labute approximate surface area is 196 Å². The molecule has 0 aromatic heterocycles. The molecule has 3 nitrogen and oxygen atoms in total. The molecule has 0 radical (unpaired) electrons. The molecule has 0 N–H and O–H groups in total. The molecule has 180 valence electrons. The number of unbranched alkanes of at least 4 members (excludes halogenated alkanes) is 14. The number of hydrogen-bond donors (Lipinski definition) is 0. The third-order valence-corrected chi connectivity index (χ3v) is 5.70. The molecule has 4 heteroatoms. The number of hydrogen-bond acceptors (Lipinski definition) is 3. The highest BCUT2D eigenvalue weighted by atomic mass is 35.5. The van der Waals surface area contributed by atoms with Gasteiger partial charge in [-0.15, -0.1) is 12.4 Å². The molecule has 0 aliphatic rings. The van der Waals surface area contributed by atoms with Crippen LogP contribution < -0.4 is 0 Å². The second kappa shape index (κ2) is 28.6. The normalized spacial score (nSPS) is 10.7. The third-order valence-electron chi connectivity index (χ3n) is 5.70. The minimum atomic E-state index is 0. The van der Waals surface area contributed by atoms with Crippen molar-refractivity contribution in [3.05, 3.63) is 0 Å². The van der Waals surface area contributed by atoms with Gasteiger partial charge in [-0.3, -0.25) is 0 Å².